The van der Waals surface area contributed by atoms with Gasteiger partial charge in [0.05, 0.1) is 18.5 Å². The number of imide groups is 1. The van der Waals surface area contributed by atoms with E-state index in [-0.39, 0.29) is 17.5 Å². The van der Waals surface area contributed by atoms with Gasteiger partial charge in [-0.2, -0.15) is 0 Å². The highest BCUT2D eigenvalue weighted by Crippen LogP contribution is 2.43. The van der Waals surface area contributed by atoms with E-state index < -0.39 is 17.7 Å². The molecule has 1 N–H and O–H groups in total. The maximum atomic E-state index is 14.4. The van der Waals surface area contributed by atoms with Crippen LogP contribution in [0.3, 0.4) is 0 Å². The fourth-order valence-electron chi connectivity index (χ4n) is 6.11. The predicted octanol–water partition coefficient (Wildman–Crippen LogP) is 5.23. The Morgan fingerprint density at radius 2 is 1.71 bits per heavy atom. The minimum Gasteiger partial charge on any atom is -0.481 e. The maximum Gasteiger partial charge on any atom is 0.511 e. The molecule has 6 rings (SSSR count). The zero-order valence-electron chi connectivity index (χ0n) is 25.1. The number of hydrogen-bond donors (Lipinski definition) is 1. The van der Waals surface area contributed by atoms with Gasteiger partial charge in [-0.1, -0.05) is 24.3 Å². The van der Waals surface area contributed by atoms with E-state index in [0.29, 0.717) is 44.0 Å². The van der Waals surface area contributed by atoms with Gasteiger partial charge in [0.15, 0.2) is 0 Å². The lowest BCUT2D eigenvalue weighted by Crippen LogP contribution is -2.57. The Hall–Kier alpha value is -5.36. The van der Waals surface area contributed by atoms with Crippen molar-refractivity contribution >= 4 is 29.6 Å². The summed E-state index contributed by atoms with van der Waals surface area (Å²) in [7, 11) is 1.49. The highest BCUT2D eigenvalue weighted by molar-refractivity contribution is 6.30. The molecule has 2 aliphatic heterocycles. The topological polar surface area (TPSA) is 138 Å². The van der Waals surface area contributed by atoms with Crippen LogP contribution in [0.15, 0.2) is 73.2 Å². The van der Waals surface area contributed by atoms with E-state index in [2.05, 4.69) is 19.9 Å². The average Bonchev–Trinajstić information content (AvgIpc) is 3.24. The zero-order chi connectivity index (χ0) is 31.7. The van der Waals surface area contributed by atoms with Crippen LogP contribution in [0.1, 0.15) is 29.7 Å². The SMILES string of the molecule is COc1cc(N2C(=O)N(c3ccc(-c4ccc(OC(=O)O)cc4C)cc3)C(=O)C23CCN(Cc2ncccc2C)CC3)ncn1. The number of benzene rings is 2. The molecule has 230 valence electrons. The Morgan fingerprint density at radius 1 is 0.956 bits per heavy atom. The largest absolute Gasteiger partial charge is 0.511 e. The summed E-state index contributed by atoms with van der Waals surface area (Å²) in [5, 5.41) is 8.91. The number of piperidine rings is 1. The third-order valence-electron chi connectivity index (χ3n) is 8.49. The van der Waals surface area contributed by atoms with Gasteiger partial charge in [0, 0.05) is 31.9 Å². The lowest BCUT2D eigenvalue weighted by atomic mass is 9.85. The summed E-state index contributed by atoms with van der Waals surface area (Å²) >= 11 is 0. The molecule has 0 unspecified atom stereocenters. The second-order valence-electron chi connectivity index (χ2n) is 11.1. The molecule has 1 spiro atoms. The third kappa shape index (κ3) is 5.55. The van der Waals surface area contributed by atoms with Crippen molar-refractivity contribution in [2.75, 3.05) is 30.0 Å². The molecule has 0 atom stereocenters. The van der Waals surface area contributed by atoms with Crippen LogP contribution in [0.2, 0.25) is 0 Å². The number of pyridine rings is 1. The number of carboxylic acid groups (broad SMARTS) is 1. The predicted molar refractivity (Wildman–Crippen MR) is 165 cm³/mol. The Bertz CT molecular complexity index is 1770. The zero-order valence-corrected chi connectivity index (χ0v) is 25.1. The number of urea groups is 1. The van der Waals surface area contributed by atoms with E-state index in [1.807, 2.05) is 38.1 Å². The average molecular weight is 609 g/mol. The second-order valence-corrected chi connectivity index (χ2v) is 11.1. The molecule has 12 heteroatoms. The molecule has 45 heavy (non-hydrogen) atoms. The number of carbonyl (C=O) groups excluding carboxylic acids is 2. The molecule has 2 aromatic carbocycles. The summed E-state index contributed by atoms with van der Waals surface area (Å²) < 4.78 is 10.1. The molecule has 0 radical (unpaired) electrons. The van der Waals surface area contributed by atoms with Gasteiger partial charge in [-0.05, 0) is 79.3 Å². The van der Waals surface area contributed by atoms with Gasteiger partial charge in [-0.3, -0.25) is 19.6 Å². The number of aryl methyl sites for hydroxylation is 2. The van der Waals surface area contributed by atoms with Gasteiger partial charge in [-0.15, -0.1) is 0 Å². The summed E-state index contributed by atoms with van der Waals surface area (Å²) in [5.41, 5.74) is 3.90. The number of methoxy groups -OCH3 is 1. The minimum absolute atomic E-state index is 0.224. The smallest absolute Gasteiger partial charge is 0.481 e. The molecule has 0 saturated carbocycles. The normalized spacial score (nSPS) is 16.3. The van der Waals surface area contributed by atoms with E-state index in [1.54, 1.807) is 42.6 Å². The number of carbonyl (C=O) groups is 3. The van der Waals surface area contributed by atoms with Crippen LogP contribution in [0, 0.1) is 13.8 Å². The number of anilines is 2. The second kappa shape index (κ2) is 12.0. The van der Waals surface area contributed by atoms with Crippen molar-refractivity contribution in [1.82, 2.24) is 19.9 Å². The highest BCUT2D eigenvalue weighted by Gasteiger charge is 2.59. The fourth-order valence-corrected chi connectivity index (χ4v) is 6.11. The number of likely N-dealkylation sites (tertiary alicyclic amines) is 1. The van der Waals surface area contributed by atoms with E-state index >= 15 is 0 Å². The third-order valence-corrected chi connectivity index (χ3v) is 8.49. The summed E-state index contributed by atoms with van der Waals surface area (Å²) in [4.78, 5) is 57.5. The number of hydrogen-bond acceptors (Lipinski definition) is 9. The van der Waals surface area contributed by atoms with Gasteiger partial charge in [0.25, 0.3) is 5.91 Å². The highest BCUT2D eigenvalue weighted by atomic mass is 16.7. The first-order valence-electron chi connectivity index (χ1n) is 14.5. The molecule has 4 aromatic rings. The quantitative estimate of drug-likeness (QED) is 0.169. The standard InChI is InChI=1S/C33H32N6O6/c1-21-5-4-14-34-27(21)19-37-15-12-33(13-16-37)30(40)38(31(41)39(33)28-18-29(44-3)36-20-35-28)24-8-6-23(7-9-24)26-11-10-25(17-22(26)2)45-32(42)43/h4-11,14,17-18,20H,12-13,15-16,19H2,1-3H3,(H,42,43). The van der Waals surface area contributed by atoms with Crippen LogP contribution < -0.4 is 19.3 Å². The van der Waals surface area contributed by atoms with Crippen molar-refractivity contribution in [1.29, 1.82) is 0 Å². The first-order valence-corrected chi connectivity index (χ1v) is 14.5. The van der Waals surface area contributed by atoms with E-state index in [1.165, 1.54) is 23.2 Å². The lowest BCUT2D eigenvalue weighted by Gasteiger charge is -2.41. The Balaban J connectivity index is 1.30. The van der Waals surface area contributed by atoms with Gasteiger partial charge >= 0.3 is 12.2 Å². The van der Waals surface area contributed by atoms with Crippen LogP contribution >= 0.6 is 0 Å². The number of amides is 3. The van der Waals surface area contributed by atoms with Crippen molar-refractivity contribution in [3.05, 3.63) is 90.0 Å². The monoisotopic (exact) mass is 608 g/mol. The molecule has 0 aliphatic carbocycles. The first kappa shape index (κ1) is 29.7. The molecular formula is C33H32N6O6. The summed E-state index contributed by atoms with van der Waals surface area (Å²) in [5.74, 6) is 0.503. The number of ether oxygens (including phenoxy) is 2. The van der Waals surface area contributed by atoms with Gasteiger partial charge in [-0.25, -0.2) is 24.5 Å². The van der Waals surface area contributed by atoms with E-state index in [0.717, 1.165) is 27.9 Å². The van der Waals surface area contributed by atoms with Crippen LogP contribution in [0.25, 0.3) is 11.1 Å². The maximum absolute atomic E-state index is 14.4. The lowest BCUT2D eigenvalue weighted by molar-refractivity contribution is -0.123. The first-order chi connectivity index (χ1) is 21.7. The van der Waals surface area contributed by atoms with Gasteiger partial charge in [0.1, 0.15) is 23.4 Å². The van der Waals surface area contributed by atoms with E-state index in [4.69, 9.17) is 14.6 Å². The van der Waals surface area contributed by atoms with Crippen molar-refractivity contribution in [2.45, 2.75) is 38.8 Å². The number of nitrogens with zero attached hydrogens (tertiary/aromatic N) is 6. The minimum atomic E-state index is -1.38. The van der Waals surface area contributed by atoms with Crippen LogP contribution in [-0.4, -0.2) is 68.8 Å². The Labute approximate surface area is 259 Å². The number of aromatic nitrogens is 3. The fraction of sp³-hybridized carbons (Fsp3) is 0.273. The molecule has 12 nitrogen and oxygen atoms in total. The molecular weight excluding hydrogens is 576 g/mol. The van der Waals surface area contributed by atoms with E-state index in [9.17, 15) is 14.4 Å². The summed E-state index contributed by atoms with van der Waals surface area (Å²) in [6.07, 6.45) is 2.55. The molecule has 3 amide bonds. The molecule has 2 fully saturated rings. The van der Waals surface area contributed by atoms with Crippen LogP contribution in [0.4, 0.5) is 21.1 Å². The Kier molecular flexibility index (Phi) is 7.90. The summed E-state index contributed by atoms with van der Waals surface area (Å²) in [6, 6.07) is 17.2. The number of rotatable bonds is 7. The molecule has 2 saturated heterocycles. The van der Waals surface area contributed by atoms with Crippen molar-refractivity contribution in [3.8, 4) is 22.8 Å². The molecule has 0 bridgehead atoms. The van der Waals surface area contributed by atoms with Gasteiger partial charge < -0.3 is 14.6 Å². The van der Waals surface area contributed by atoms with Crippen LogP contribution in [-0.2, 0) is 11.3 Å². The summed E-state index contributed by atoms with van der Waals surface area (Å²) in [6.45, 7) is 5.71. The Morgan fingerprint density at radius 3 is 2.38 bits per heavy atom. The van der Waals surface area contributed by atoms with Crippen molar-refractivity contribution < 1.29 is 29.0 Å². The van der Waals surface area contributed by atoms with Crippen LogP contribution in [0.5, 0.6) is 11.6 Å². The molecule has 4 heterocycles. The van der Waals surface area contributed by atoms with Crippen molar-refractivity contribution in [3.63, 3.8) is 0 Å². The molecule has 2 aromatic heterocycles. The van der Waals surface area contributed by atoms with Gasteiger partial charge in [0.2, 0.25) is 5.88 Å². The van der Waals surface area contributed by atoms with Crippen molar-refractivity contribution in [2.24, 2.45) is 0 Å². The molecule has 2 aliphatic rings.